The second-order valence-corrected chi connectivity index (χ2v) is 4.69. The molecule has 0 N–H and O–H groups in total. The van der Waals surface area contributed by atoms with E-state index in [9.17, 15) is 0 Å². The summed E-state index contributed by atoms with van der Waals surface area (Å²) in [6.07, 6.45) is 2.39. The number of hydrogen-bond donors (Lipinski definition) is 0. The van der Waals surface area contributed by atoms with Crippen LogP contribution in [0.5, 0.6) is 0 Å². The summed E-state index contributed by atoms with van der Waals surface area (Å²) in [5.74, 6) is 0. The predicted molar refractivity (Wildman–Crippen MR) is 71.7 cm³/mol. The van der Waals surface area contributed by atoms with Crippen molar-refractivity contribution in [2.45, 2.75) is 33.6 Å². The number of aryl methyl sites for hydroxylation is 1. The molecule has 1 aromatic rings. The molecule has 84 valence electrons. The average molecular weight is 270 g/mol. The van der Waals surface area contributed by atoms with E-state index in [1.54, 1.807) is 0 Å². The molecule has 0 spiro atoms. The molecule has 0 amide bonds. The molecule has 0 unspecified atom stereocenters. The maximum Gasteiger partial charge on any atom is 0.0513 e. The largest absolute Gasteiger partial charge is 0.371 e. The van der Waals surface area contributed by atoms with Crippen LogP contribution >= 0.6 is 15.9 Å². The van der Waals surface area contributed by atoms with Crippen LogP contribution in [0.25, 0.3) is 0 Å². The summed E-state index contributed by atoms with van der Waals surface area (Å²) in [5, 5.41) is 0. The van der Waals surface area contributed by atoms with E-state index < -0.39 is 0 Å². The molecule has 0 fully saturated rings. The first-order valence-electron chi connectivity index (χ1n) is 5.70. The van der Waals surface area contributed by atoms with Gasteiger partial charge in [0.25, 0.3) is 0 Å². The van der Waals surface area contributed by atoms with Crippen molar-refractivity contribution in [1.82, 2.24) is 0 Å². The van der Waals surface area contributed by atoms with Gasteiger partial charge in [-0.05, 0) is 47.3 Å². The van der Waals surface area contributed by atoms with Crippen molar-refractivity contribution in [2.75, 3.05) is 18.0 Å². The molecule has 0 aliphatic heterocycles. The Labute approximate surface area is 102 Å². The van der Waals surface area contributed by atoms with Gasteiger partial charge in [-0.1, -0.05) is 26.0 Å². The number of benzene rings is 1. The van der Waals surface area contributed by atoms with Crippen molar-refractivity contribution < 1.29 is 0 Å². The molecule has 0 bridgehead atoms. The van der Waals surface area contributed by atoms with Gasteiger partial charge in [0.15, 0.2) is 0 Å². The van der Waals surface area contributed by atoms with Crippen molar-refractivity contribution >= 4 is 21.6 Å². The number of anilines is 1. The second kappa shape index (κ2) is 6.16. The summed E-state index contributed by atoms with van der Waals surface area (Å²) < 4.78 is 1.24. The highest BCUT2D eigenvalue weighted by atomic mass is 79.9. The summed E-state index contributed by atoms with van der Waals surface area (Å²) in [7, 11) is 0. The summed E-state index contributed by atoms with van der Waals surface area (Å²) >= 11 is 3.68. The lowest BCUT2D eigenvalue weighted by atomic mass is 10.2. The lowest BCUT2D eigenvalue weighted by molar-refractivity contribution is 0.743. The van der Waals surface area contributed by atoms with E-state index in [-0.39, 0.29) is 0 Å². The third kappa shape index (κ3) is 3.23. The Morgan fingerprint density at radius 3 is 2.27 bits per heavy atom. The van der Waals surface area contributed by atoms with Crippen LogP contribution in [-0.2, 0) is 0 Å². The van der Waals surface area contributed by atoms with Crippen LogP contribution in [0, 0.1) is 6.92 Å². The van der Waals surface area contributed by atoms with E-state index >= 15 is 0 Å². The summed E-state index contributed by atoms with van der Waals surface area (Å²) in [4.78, 5) is 2.46. The normalized spacial score (nSPS) is 10.4. The fraction of sp³-hybridized carbons (Fsp3) is 0.538. The standard InChI is InChI=1S/C13H20BrN/c1-4-9-15(10-5-2)12-8-6-7-11(3)13(12)14/h6-8H,4-5,9-10H2,1-3H3. The fourth-order valence-electron chi connectivity index (χ4n) is 1.77. The number of rotatable bonds is 5. The minimum Gasteiger partial charge on any atom is -0.371 e. The third-order valence-electron chi connectivity index (χ3n) is 2.50. The van der Waals surface area contributed by atoms with E-state index in [0.717, 1.165) is 13.1 Å². The lowest BCUT2D eigenvalue weighted by Gasteiger charge is -2.25. The summed E-state index contributed by atoms with van der Waals surface area (Å²) in [5.41, 5.74) is 2.64. The van der Waals surface area contributed by atoms with Crippen molar-refractivity contribution in [3.05, 3.63) is 28.2 Å². The van der Waals surface area contributed by atoms with Crippen LogP contribution in [0.15, 0.2) is 22.7 Å². The van der Waals surface area contributed by atoms with Crippen molar-refractivity contribution in [2.24, 2.45) is 0 Å². The van der Waals surface area contributed by atoms with E-state index in [4.69, 9.17) is 0 Å². The first-order chi connectivity index (χ1) is 7.20. The molecule has 0 saturated heterocycles. The Morgan fingerprint density at radius 2 is 1.73 bits per heavy atom. The molecule has 0 aromatic heterocycles. The Balaban J connectivity index is 2.94. The minimum absolute atomic E-state index is 1.13. The average Bonchev–Trinajstić information content (AvgIpc) is 2.22. The number of hydrogen-bond acceptors (Lipinski definition) is 1. The predicted octanol–water partition coefficient (Wildman–Crippen LogP) is 4.38. The zero-order chi connectivity index (χ0) is 11.3. The van der Waals surface area contributed by atoms with Gasteiger partial charge in [0.05, 0.1) is 5.69 Å². The second-order valence-electron chi connectivity index (χ2n) is 3.90. The highest BCUT2D eigenvalue weighted by Gasteiger charge is 2.09. The quantitative estimate of drug-likeness (QED) is 0.767. The van der Waals surface area contributed by atoms with Crippen LogP contribution < -0.4 is 4.90 Å². The fourth-order valence-corrected chi connectivity index (χ4v) is 2.28. The Morgan fingerprint density at radius 1 is 1.13 bits per heavy atom. The molecule has 1 nitrogen and oxygen atoms in total. The Bertz CT molecular complexity index is 303. The summed E-state index contributed by atoms with van der Waals surface area (Å²) in [6, 6.07) is 6.47. The SMILES string of the molecule is CCCN(CCC)c1cccc(C)c1Br. The van der Waals surface area contributed by atoms with E-state index in [1.807, 2.05) is 0 Å². The van der Waals surface area contributed by atoms with Gasteiger partial charge in [-0.15, -0.1) is 0 Å². The van der Waals surface area contributed by atoms with Gasteiger partial charge in [-0.3, -0.25) is 0 Å². The van der Waals surface area contributed by atoms with Crippen molar-refractivity contribution in [3.63, 3.8) is 0 Å². The molecule has 2 heteroatoms. The minimum atomic E-state index is 1.13. The van der Waals surface area contributed by atoms with Gasteiger partial charge in [0, 0.05) is 17.6 Å². The van der Waals surface area contributed by atoms with E-state index in [0.29, 0.717) is 0 Å². The van der Waals surface area contributed by atoms with E-state index in [2.05, 4.69) is 59.8 Å². The van der Waals surface area contributed by atoms with Crippen LogP contribution in [0.4, 0.5) is 5.69 Å². The molecular formula is C13H20BrN. The highest BCUT2D eigenvalue weighted by molar-refractivity contribution is 9.10. The van der Waals surface area contributed by atoms with Gasteiger partial charge in [0.1, 0.15) is 0 Å². The van der Waals surface area contributed by atoms with Crippen LogP contribution in [0.1, 0.15) is 32.3 Å². The first-order valence-corrected chi connectivity index (χ1v) is 6.50. The number of halogens is 1. The molecular weight excluding hydrogens is 250 g/mol. The lowest BCUT2D eigenvalue weighted by Crippen LogP contribution is -2.25. The molecule has 0 radical (unpaired) electrons. The molecule has 0 heterocycles. The molecule has 15 heavy (non-hydrogen) atoms. The van der Waals surface area contributed by atoms with Gasteiger partial charge in [0.2, 0.25) is 0 Å². The summed E-state index contributed by atoms with van der Waals surface area (Å²) in [6.45, 7) is 8.87. The van der Waals surface area contributed by atoms with Crippen LogP contribution in [0.3, 0.4) is 0 Å². The zero-order valence-corrected chi connectivity index (χ0v) is 11.5. The van der Waals surface area contributed by atoms with E-state index in [1.165, 1.54) is 28.6 Å². The van der Waals surface area contributed by atoms with Crippen LogP contribution in [0.2, 0.25) is 0 Å². The van der Waals surface area contributed by atoms with Crippen molar-refractivity contribution in [3.8, 4) is 0 Å². The Hall–Kier alpha value is -0.500. The Kier molecular flexibility index (Phi) is 5.16. The van der Waals surface area contributed by atoms with Gasteiger partial charge in [-0.2, -0.15) is 0 Å². The molecule has 1 rings (SSSR count). The van der Waals surface area contributed by atoms with Gasteiger partial charge in [-0.25, -0.2) is 0 Å². The zero-order valence-electron chi connectivity index (χ0n) is 9.89. The molecule has 1 aromatic carbocycles. The molecule has 0 atom stereocenters. The number of nitrogens with zero attached hydrogens (tertiary/aromatic N) is 1. The monoisotopic (exact) mass is 269 g/mol. The van der Waals surface area contributed by atoms with Gasteiger partial charge >= 0.3 is 0 Å². The van der Waals surface area contributed by atoms with Gasteiger partial charge < -0.3 is 4.90 Å². The third-order valence-corrected chi connectivity index (χ3v) is 3.53. The van der Waals surface area contributed by atoms with Crippen LogP contribution in [-0.4, -0.2) is 13.1 Å². The smallest absolute Gasteiger partial charge is 0.0513 e. The highest BCUT2D eigenvalue weighted by Crippen LogP contribution is 2.29. The van der Waals surface area contributed by atoms with Crippen molar-refractivity contribution in [1.29, 1.82) is 0 Å². The topological polar surface area (TPSA) is 3.24 Å². The maximum absolute atomic E-state index is 3.68. The first kappa shape index (κ1) is 12.6. The maximum atomic E-state index is 3.68. The molecule has 0 saturated carbocycles. The molecule has 0 aliphatic carbocycles. The molecule has 0 aliphatic rings.